The number of imide groups is 1. The van der Waals surface area contributed by atoms with Gasteiger partial charge in [0.2, 0.25) is 5.91 Å². The molecule has 1 aliphatic rings. The minimum absolute atomic E-state index is 0.417. The van der Waals surface area contributed by atoms with Crippen molar-refractivity contribution in [1.82, 2.24) is 20.1 Å². The molecule has 0 bridgehead atoms. The molecule has 1 fully saturated rings. The first kappa shape index (κ1) is 17.5. The summed E-state index contributed by atoms with van der Waals surface area (Å²) in [6, 6.07) is -0.849. The second-order valence-corrected chi connectivity index (χ2v) is 7.00. The molecule has 0 aliphatic heterocycles. The predicted octanol–water partition coefficient (Wildman–Crippen LogP) is 2.19. The summed E-state index contributed by atoms with van der Waals surface area (Å²) in [6.45, 7) is 6.10. The van der Waals surface area contributed by atoms with Crippen LogP contribution < -0.4 is 11.1 Å². The summed E-state index contributed by atoms with van der Waals surface area (Å²) in [5, 5.41) is 10.9. The molecule has 3 N–H and O–H groups in total. The molecule has 1 aliphatic carbocycles. The van der Waals surface area contributed by atoms with Crippen molar-refractivity contribution < 1.29 is 9.59 Å². The maximum atomic E-state index is 11.8. The minimum Gasteiger partial charge on any atom is -0.351 e. The fourth-order valence-corrected chi connectivity index (χ4v) is 3.65. The molecule has 1 atom stereocenters. The molecule has 1 heterocycles. The van der Waals surface area contributed by atoms with E-state index in [1.165, 1.54) is 31.0 Å². The van der Waals surface area contributed by atoms with E-state index in [4.69, 9.17) is 5.73 Å². The lowest BCUT2D eigenvalue weighted by atomic mass is 9.89. The zero-order valence-corrected chi connectivity index (χ0v) is 14.1. The Hall–Kier alpha value is -1.83. The molecule has 23 heavy (non-hydrogen) atoms. The molecule has 1 aromatic rings. The van der Waals surface area contributed by atoms with Crippen molar-refractivity contribution in [3.05, 3.63) is 18.5 Å². The molecule has 8 heteroatoms. The Labute approximate surface area is 140 Å². The third-order valence-electron chi connectivity index (χ3n) is 3.93. The maximum absolute atomic E-state index is 11.8. The average Bonchev–Trinajstić information content (AvgIpc) is 2.90. The number of nitrogens with one attached hydrogen (secondary N) is 1. The number of primary amides is 1. The second kappa shape index (κ2) is 8.14. The van der Waals surface area contributed by atoms with Crippen molar-refractivity contribution in [1.29, 1.82) is 0 Å². The van der Waals surface area contributed by atoms with Crippen molar-refractivity contribution in [3.63, 3.8) is 0 Å². The highest BCUT2D eigenvalue weighted by atomic mass is 32.2. The van der Waals surface area contributed by atoms with Gasteiger partial charge >= 0.3 is 6.03 Å². The van der Waals surface area contributed by atoms with E-state index in [2.05, 4.69) is 22.1 Å². The smallest absolute Gasteiger partial charge is 0.318 e. The van der Waals surface area contributed by atoms with Gasteiger partial charge in [0.05, 0.1) is 5.25 Å². The third-order valence-corrected chi connectivity index (χ3v) is 5.01. The fourth-order valence-electron chi connectivity index (χ4n) is 2.79. The van der Waals surface area contributed by atoms with Gasteiger partial charge in [-0.2, -0.15) is 0 Å². The molecule has 0 saturated heterocycles. The zero-order chi connectivity index (χ0) is 16.8. The first-order chi connectivity index (χ1) is 11.0. The molecule has 0 aromatic carbocycles. The Morgan fingerprint density at radius 3 is 2.74 bits per heavy atom. The Morgan fingerprint density at radius 1 is 1.43 bits per heavy atom. The van der Waals surface area contributed by atoms with E-state index in [0.717, 1.165) is 18.7 Å². The van der Waals surface area contributed by atoms with Crippen LogP contribution in [0.1, 0.15) is 50.8 Å². The molecule has 126 valence electrons. The first-order valence-electron chi connectivity index (χ1n) is 7.84. The van der Waals surface area contributed by atoms with Gasteiger partial charge in [0.25, 0.3) is 0 Å². The van der Waals surface area contributed by atoms with Crippen molar-refractivity contribution >= 4 is 23.7 Å². The van der Waals surface area contributed by atoms with Crippen LogP contribution in [0.2, 0.25) is 0 Å². The first-order valence-corrected chi connectivity index (χ1v) is 8.71. The second-order valence-electron chi connectivity index (χ2n) is 5.69. The maximum Gasteiger partial charge on any atom is 0.318 e. The summed E-state index contributed by atoms with van der Waals surface area (Å²) in [7, 11) is 0. The van der Waals surface area contributed by atoms with Gasteiger partial charge in [-0.25, -0.2) is 4.79 Å². The lowest BCUT2D eigenvalue weighted by Crippen LogP contribution is -2.39. The van der Waals surface area contributed by atoms with Gasteiger partial charge in [0, 0.05) is 12.5 Å². The SMILES string of the molecule is C=CCn1c(S[C@H](C)C(=O)NC(N)=O)nnc1C1CCCCC1. The highest BCUT2D eigenvalue weighted by Crippen LogP contribution is 2.33. The van der Waals surface area contributed by atoms with Gasteiger partial charge in [-0.3, -0.25) is 10.1 Å². The number of hydrogen-bond acceptors (Lipinski definition) is 5. The molecule has 0 radical (unpaired) electrons. The topological polar surface area (TPSA) is 103 Å². The third kappa shape index (κ3) is 4.57. The molecule has 0 unspecified atom stereocenters. The number of aromatic nitrogens is 3. The lowest BCUT2D eigenvalue weighted by Gasteiger charge is -2.21. The summed E-state index contributed by atoms with van der Waals surface area (Å²) in [5.74, 6) is 0.949. The summed E-state index contributed by atoms with van der Waals surface area (Å²) in [5.41, 5.74) is 4.98. The number of thioether (sulfide) groups is 1. The molecule has 0 spiro atoms. The number of rotatable bonds is 6. The molecule has 7 nitrogen and oxygen atoms in total. The number of carbonyl (C=O) groups excluding carboxylic acids is 2. The van der Waals surface area contributed by atoms with E-state index >= 15 is 0 Å². The van der Waals surface area contributed by atoms with Crippen molar-refractivity contribution in [3.8, 4) is 0 Å². The summed E-state index contributed by atoms with van der Waals surface area (Å²) in [4.78, 5) is 22.6. The van der Waals surface area contributed by atoms with E-state index in [1.54, 1.807) is 13.0 Å². The predicted molar refractivity (Wildman–Crippen MR) is 89.1 cm³/mol. The van der Waals surface area contributed by atoms with Crippen LogP contribution >= 0.6 is 11.8 Å². The van der Waals surface area contributed by atoms with Crippen LogP contribution in [0.4, 0.5) is 4.79 Å². The van der Waals surface area contributed by atoms with Gasteiger partial charge in [0.15, 0.2) is 5.16 Å². The van der Waals surface area contributed by atoms with Crippen LogP contribution in [0.15, 0.2) is 17.8 Å². The lowest BCUT2D eigenvalue weighted by molar-refractivity contribution is -0.119. The largest absolute Gasteiger partial charge is 0.351 e. The number of nitrogens with zero attached hydrogens (tertiary/aromatic N) is 3. The Bertz CT molecular complexity index is 580. The van der Waals surface area contributed by atoms with Gasteiger partial charge in [-0.1, -0.05) is 37.1 Å². The van der Waals surface area contributed by atoms with E-state index in [0.29, 0.717) is 17.6 Å². The van der Waals surface area contributed by atoms with Crippen LogP contribution in [0.5, 0.6) is 0 Å². The Kier molecular flexibility index (Phi) is 6.20. The summed E-state index contributed by atoms with van der Waals surface area (Å²) < 4.78 is 2.02. The molecule has 1 aromatic heterocycles. The van der Waals surface area contributed by atoms with E-state index in [-0.39, 0.29) is 0 Å². The van der Waals surface area contributed by atoms with Crippen LogP contribution in [0.25, 0.3) is 0 Å². The van der Waals surface area contributed by atoms with Gasteiger partial charge < -0.3 is 10.3 Å². The van der Waals surface area contributed by atoms with Crippen LogP contribution in [0, 0.1) is 0 Å². The normalized spacial score (nSPS) is 16.7. The number of carbonyl (C=O) groups is 2. The van der Waals surface area contributed by atoms with Crippen LogP contribution in [0.3, 0.4) is 0 Å². The minimum atomic E-state index is -0.849. The number of amides is 3. The number of nitrogens with two attached hydrogens (primary N) is 1. The van der Waals surface area contributed by atoms with E-state index in [1.807, 2.05) is 4.57 Å². The van der Waals surface area contributed by atoms with Crippen LogP contribution in [-0.2, 0) is 11.3 Å². The number of hydrogen-bond donors (Lipinski definition) is 2. The Morgan fingerprint density at radius 2 is 2.13 bits per heavy atom. The summed E-state index contributed by atoms with van der Waals surface area (Å²) in [6.07, 6.45) is 7.75. The standard InChI is InChI=1S/C15H23N5O2S/c1-3-9-20-12(11-7-5-4-6-8-11)18-19-15(20)23-10(2)13(21)17-14(16)22/h3,10-11H,1,4-9H2,2H3,(H3,16,17,21,22)/t10-/m1/s1. The quantitative estimate of drug-likeness (QED) is 0.612. The molecule has 3 amide bonds. The molecular formula is C15H23N5O2S. The highest BCUT2D eigenvalue weighted by molar-refractivity contribution is 8.00. The van der Waals surface area contributed by atoms with Crippen LogP contribution in [-0.4, -0.2) is 32.0 Å². The van der Waals surface area contributed by atoms with E-state index < -0.39 is 17.2 Å². The van der Waals surface area contributed by atoms with Crippen molar-refractivity contribution in [2.24, 2.45) is 5.73 Å². The number of allylic oxidation sites excluding steroid dienone is 1. The average molecular weight is 337 g/mol. The Balaban J connectivity index is 2.14. The van der Waals surface area contributed by atoms with E-state index in [9.17, 15) is 9.59 Å². The number of urea groups is 1. The fraction of sp³-hybridized carbons (Fsp3) is 0.600. The molecule has 2 rings (SSSR count). The molecular weight excluding hydrogens is 314 g/mol. The summed E-state index contributed by atoms with van der Waals surface area (Å²) >= 11 is 1.27. The highest BCUT2D eigenvalue weighted by Gasteiger charge is 2.25. The van der Waals surface area contributed by atoms with Gasteiger partial charge in [-0.15, -0.1) is 16.8 Å². The van der Waals surface area contributed by atoms with Crippen molar-refractivity contribution in [2.45, 2.75) is 61.9 Å². The molecule has 1 saturated carbocycles. The van der Waals surface area contributed by atoms with Crippen molar-refractivity contribution in [2.75, 3.05) is 0 Å². The van der Waals surface area contributed by atoms with Gasteiger partial charge in [0.1, 0.15) is 5.82 Å². The van der Waals surface area contributed by atoms with Gasteiger partial charge in [-0.05, 0) is 19.8 Å². The zero-order valence-electron chi connectivity index (χ0n) is 13.3. The monoisotopic (exact) mass is 337 g/mol.